The number of piperidine rings is 1. The van der Waals surface area contributed by atoms with E-state index in [1.54, 1.807) is 0 Å². The van der Waals surface area contributed by atoms with Crippen LogP contribution in [0.2, 0.25) is 0 Å². The topological polar surface area (TPSA) is 40.7 Å². The molecule has 1 aromatic heterocycles. The van der Waals surface area contributed by atoms with Crippen LogP contribution in [-0.2, 0) is 6.42 Å². The van der Waals surface area contributed by atoms with Gasteiger partial charge in [-0.25, -0.2) is 0 Å². The largest absolute Gasteiger partial charge is 0.317 e. The fourth-order valence-electron chi connectivity index (χ4n) is 2.93. The molecule has 1 aliphatic heterocycles. The van der Waals surface area contributed by atoms with Crippen molar-refractivity contribution >= 4 is 0 Å². The SMILES string of the molecule is c1n[nH]c(CC2CCNCC2)c1C1CCC1. The Morgan fingerprint density at radius 1 is 1.19 bits per heavy atom. The van der Waals surface area contributed by atoms with Crippen LogP contribution in [0, 0.1) is 5.92 Å². The Kier molecular flexibility index (Phi) is 2.96. The Morgan fingerprint density at radius 3 is 2.69 bits per heavy atom. The molecule has 16 heavy (non-hydrogen) atoms. The molecule has 0 radical (unpaired) electrons. The highest BCUT2D eigenvalue weighted by Crippen LogP contribution is 2.38. The molecular weight excluding hydrogens is 198 g/mol. The Morgan fingerprint density at radius 2 is 2.00 bits per heavy atom. The smallest absolute Gasteiger partial charge is 0.0524 e. The molecule has 2 heterocycles. The molecule has 1 saturated heterocycles. The van der Waals surface area contributed by atoms with E-state index in [2.05, 4.69) is 21.7 Å². The van der Waals surface area contributed by atoms with Gasteiger partial charge >= 0.3 is 0 Å². The van der Waals surface area contributed by atoms with E-state index in [0.717, 1.165) is 11.8 Å². The first-order valence-corrected chi connectivity index (χ1v) is 6.66. The summed E-state index contributed by atoms with van der Waals surface area (Å²) in [5.41, 5.74) is 2.95. The van der Waals surface area contributed by atoms with E-state index in [1.165, 1.54) is 62.9 Å². The standard InChI is InChI=1S/C13H21N3/c1-2-11(3-1)12-9-15-16-13(12)8-10-4-6-14-7-5-10/h9-11,14H,1-8H2,(H,15,16). The van der Waals surface area contributed by atoms with Crippen molar-refractivity contribution in [2.24, 2.45) is 5.92 Å². The number of aromatic amines is 1. The lowest BCUT2D eigenvalue weighted by Crippen LogP contribution is -2.29. The van der Waals surface area contributed by atoms with Gasteiger partial charge in [0.15, 0.2) is 0 Å². The van der Waals surface area contributed by atoms with Crippen LogP contribution in [0.25, 0.3) is 0 Å². The third-order valence-corrected chi connectivity index (χ3v) is 4.25. The number of aromatic nitrogens is 2. The second kappa shape index (κ2) is 4.58. The van der Waals surface area contributed by atoms with Gasteiger partial charge in [-0.15, -0.1) is 0 Å². The third kappa shape index (κ3) is 2.01. The molecule has 0 atom stereocenters. The molecule has 2 N–H and O–H groups in total. The second-order valence-corrected chi connectivity index (χ2v) is 5.33. The van der Waals surface area contributed by atoms with Crippen LogP contribution in [0.3, 0.4) is 0 Å². The van der Waals surface area contributed by atoms with E-state index in [-0.39, 0.29) is 0 Å². The van der Waals surface area contributed by atoms with E-state index in [1.807, 2.05) is 0 Å². The first-order chi connectivity index (χ1) is 7.93. The lowest BCUT2D eigenvalue weighted by Gasteiger charge is -2.27. The summed E-state index contributed by atoms with van der Waals surface area (Å²) in [5, 5.41) is 10.9. The maximum atomic E-state index is 4.25. The molecule has 0 unspecified atom stereocenters. The van der Waals surface area contributed by atoms with Crippen molar-refractivity contribution in [1.82, 2.24) is 15.5 Å². The average molecular weight is 219 g/mol. The van der Waals surface area contributed by atoms with Gasteiger partial charge in [0.1, 0.15) is 0 Å². The molecule has 3 rings (SSSR count). The molecule has 2 fully saturated rings. The van der Waals surface area contributed by atoms with Crippen LogP contribution in [0.15, 0.2) is 6.20 Å². The summed E-state index contributed by atoms with van der Waals surface area (Å²) in [6.07, 6.45) is 10.1. The van der Waals surface area contributed by atoms with Crippen LogP contribution in [0.4, 0.5) is 0 Å². The first kappa shape index (κ1) is 10.3. The molecule has 2 aliphatic rings. The van der Waals surface area contributed by atoms with Crippen molar-refractivity contribution in [1.29, 1.82) is 0 Å². The lowest BCUT2D eigenvalue weighted by atomic mass is 9.79. The molecule has 3 heteroatoms. The van der Waals surface area contributed by atoms with Crippen LogP contribution in [0.1, 0.15) is 49.3 Å². The predicted molar refractivity (Wildman–Crippen MR) is 64.5 cm³/mol. The summed E-state index contributed by atoms with van der Waals surface area (Å²) in [6, 6.07) is 0. The third-order valence-electron chi connectivity index (χ3n) is 4.25. The van der Waals surface area contributed by atoms with Gasteiger partial charge in [0.05, 0.1) is 6.20 Å². The monoisotopic (exact) mass is 219 g/mol. The molecule has 0 aromatic carbocycles. The van der Waals surface area contributed by atoms with E-state index in [4.69, 9.17) is 0 Å². The average Bonchev–Trinajstić information content (AvgIpc) is 2.66. The second-order valence-electron chi connectivity index (χ2n) is 5.33. The number of hydrogen-bond acceptors (Lipinski definition) is 2. The van der Waals surface area contributed by atoms with Crippen LogP contribution >= 0.6 is 0 Å². The van der Waals surface area contributed by atoms with Gasteiger partial charge in [-0.1, -0.05) is 6.42 Å². The molecule has 1 saturated carbocycles. The zero-order valence-electron chi connectivity index (χ0n) is 9.84. The highest BCUT2D eigenvalue weighted by atomic mass is 15.1. The maximum absolute atomic E-state index is 4.25. The minimum absolute atomic E-state index is 0.815. The number of nitrogens with zero attached hydrogens (tertiary/aromatic N) is 1. The molecule has 1 aliphatic carbocycles. The Bertz CT molecular complexity index is 335. The lowest BCUT2D eigenvalue weighted by molar-refractivity contribution is 0.364. The van der Waals surface area contributed by atoms with Gasteiger partial charge in [-0.05, 0) is 62.6 Å². The van der Waals surface area contributed by atoms with Gasteiger partial charge < -0.3 is 5.32 Å². The van der Waals surface area contributed by atoms with Crippen molar-refractivity contribution in [2.75, 3.05) is 13.1 Å². The summed E-state index contributed by atoms with van der Waals surface area (Å²) in [6.45, 7) is 2.38. The van der Waals surface area contributed by atoms with Crippen LogP contribution < -0.4 is 5.32 Å². The fraction of sp³-hybridized carbons (Fsp3) is 0.769. The van der Waals surface area contributed by atoms with Gasteiger partial charge in [0.25, 0.3) is 0 Å². The zero-order valence-corrected chi connectivity index (χ0v) is 9.84. The number of nitrogens with one attached hydrogen (secondary N) is 2. The van der Waals surface area contributed by atoms with Crippen LogP contribution in [-0.4, -0.2) is 23.3 Å². The van der Waals surface area contributed by atoms with Gasteiger partial charge in [0.2, 0.25) is 0 Å². The van der Waals surface area contributed by atoms with Crippen LogP contribution in [0.5, 0.6) is 0 Å². The Hall–Kier alpha value is -0.830. The Balaban J connectivity index is 1.66. The van der Waals surface area contributed by atoms with Crippen molar-refractivity contribution in [3.05, 3.63) is 17.5 Å². The minimum Gasteiger partial charge on any atom is -0.317 e. The fourth-order valence-corrected chi connectivity index (χ4v) is 2.93. The number of rotatable bonds is 3. The summed E-state index contributed by atoms with van der Waals surface area (Å²) >= 11 is 0. The summed E-state index contributed by atoms with van der Waals surface area (Å²) in [4.78, 5) is 0. The highest BCUT2D eigenvalue weighted by molar-refractivity contribution is 5.23. The molecule has 0 bridgehead atoms. The molecule has 0 amide bonds. The molecule has 3 nitrogen and oxygen atoms in total. The van der Waals surface area contributed by atoms with Gasteiger partial charge in [0, 0.05) is 5.69 Å². The molecule has 1 aromatic rings. The van der Waals surface area contributed by atoms with Gasteiger partial charge in [-0.2, -0.15) is 5.10 Å². The van der Waals surface area contributed by atoms with E-state index in [9.17, 15) is 0 Å². The quantitative estimate of drug-likeness (QED) is 0.818. The Labute approximate surface area is 97.0 Å². The summed E-state index contributed by atoms with van der Waals surface area (Å²) in [7, 11) is 0. The summed E-state index contributed by atoms with van der Waals surface area (Å²) in [5.74, 6) is 1.68. The summed E-state index contributed by atoms with van der Waals surface area (Å²) < 4.78 is 0. The van der Waals surface area contributed by atoms with E-state index in [0.29, 0.717) is 0 Å². The first-order valence-electron chi connectivity index (χ1n) is 6.66. The normalized spacial score (nSPS) is 23.2. The minimum atomic E-state index is 0.815. The van der Waals surface area contributed by atoms with Crippen molar-refractivity contribution in [3.63, 3.8) is 0 Å². The highest BCUT2D eigenvalue weighted by Gasteiger charge is 2.25. The number of hydrogen-bond donors (Lipinski definition) is 2. The predicted octanol–water partition coefficient (Wildman–Crippen LogP) is 2.22. The zero-order chi connectivity index (χ0) is 10.8. The molecule has 0 spiro atoms. The van der Waals surface area contributed by atoms with E-state index >= 15 is 0 Å². The molecule has 88 valence electrons. The van der Waals surface area contributed by atoms with Gasteiger partial charge in [-0.3, -0.25) is 5.10 Å². The van der Waals surface area contributed by atoms with Crippen molar-refractivity contribution < 1.29 is 0 Å². The van der Waals surface area contributed by atoms with E-state index < -0.39 is 0 Å². The maximum Gasteiger partial charge on any atom is 0.0524 e. The van der Waals surface area contributed by atoms with Crippen molar-refractivity contribution in [2.45, 2.75) is 44.4 Å². The number of H-pyrrole nitrogens is 1. The van der Waals surface area contributed by atoms with Crippen molar-refractivity contribution in [3.8, 4) is 0 Å². The molecular formula is C13H21N3.